The van der Waals surface area contributed by atoms with Crippen LogP contribution in [0.1, 0.15) is 55.2 Å². The van der Waals surface area contributed by atoms with Crippen molar-refractivity contribution in [3.05, 3.63) is 179 Å². The zero-order chi connectivity index (χ0) is 36.5. The first-order valence-electron chi connectivity index (χ1n) is 18.5. The normalized spacial score (nSPS) is 25.2. The Labute approximate surface area is 313 Å². The second-order valence-corrected chi connectivity index (χ2v) is 14.6. The number of fused-ring (bicyclic) bond motifs is 5. The Balaban J connectivity index is 1.11. The molecule has 8 rings (SSSR count). The van der Waals surface area contributed by atoms with E-state index in [0.29, 0.717) is 29.9 Å². The molecule has 0 fully saturated rings. The fraction of sp³-hybridized carbons (Fsp3) is 0.229. The summed E-state index contributed by atoms with van der Waals surface area (Å²) in [5, 5.41) is 29.6. The smallest absolute Gasteiger partial charge is 0.0994 e. The van der Waals surface area contributed by atoms with Crippen LogP contribution in [0.5, 0.6) is 0 Å². The molecule has 5 aliphatic rings. The lowest BCUT2D eigenvalue weighted by Crippen LogP contribution is -2.44. The van der Waals surface area contributed by atoms with Gasteiger partial charge in [0.2, 0.25) is 0 Å². The van der Waals surface area contributed by atoms with Crippen LogP contribution in [0.15, 0.2) is 163 Å². The Morgan fingerprint density at radius 3 is 2.62 bits per heavy atom. The molecule has 258 valence electrons. The summed E-state index contributed by atoms with van der Waals surface area (Å²) >= 11 is 0. The minimum absolute atomic E-state index is 0.0482. The maximum atomic E-state index is 10.1. The number of rotatable bonds is 8. The molecule has 5 unspecified atom stereocenters. The molecule has 0 aromatic heterocycles. The predicted molar refractivity (Wildman–Crippen MR) is 213 cm³/mol. The molecule has 5 nitrogen and oxygen atoms in total. The topological polar surface area (TPSA) is 77.8 Å². The van der Waals surface area contributed by atoms with E-state index in [1.807, 2.05) is 18.2 Å². The molecule has 0 radical (unpaired) electrons. The van der Waals surface area contributed by atoms with Crippen LogP contribution in [0.3, 0.4) is 0 Å². The van der Waals surface area contributed by atoms with E-state index in [4.69, 9.17) is 0 Å². The summed E-state index contributed by atoms with van der Waals surface area (Å²) in [6, 6.07) is 30.7. The van der Waals surface area contributed by atoms with Gasteiger partial charge in [0.05, 0.1) is 41.3 Å². The second kappa shape index (κ2) is 14.0. The van der Waals surface area contributed by atoms with Crippen LogP contribution in [0.25, 0.3) is 11.1 Å². The lowest BCUT2D eigenvalue weighted by Gasteiger charge is -2.40. The average molecular weight is 688 g/mol. The Bertz CT molecular complexity index is 2340. The third-order valence-electron chi connectivity index (χ3n) is 11.6. The summed E-state index contributed by atoms with van der Waals surface area (Å²) in [4.78, 5) is 4.88. The number of benzene rings is 3. The molecule has 0 spiro atoms. The fourth-order valence-corrected chi connectivity index (χ4v) is 9.17. The molecule has 5 atom stereocenters. The van der Waals surface area contributed by atoms with Gasteiger partial charge in [0, 0.05) is 52.2 Å². The maximum Gasteiger partial charge on any atom is 0.0994 e. The zero-order valence-electron chi connectivity index (χ0n) is 30.0. The van der Waals surface area contributed by atoms with E-state index in [0.717, 1.165) is 53.0 Å². The van der Waals surface area contributed by atoms with Gasteiger partial charge < -0.3 is 9.80 Å². The SMILES string of the molecule is C=CC/C(=C\C=C/Cc1cc(-c2ccccc2N2C3=C(CCC=C3)C3CC(C#N)C=CC32)ccc1C#N)N1c2ccccc2C2C=C(C#N)C=CC21C. The van der Waals surface area contributed by atoms with Crippen molar-refractivity contribution >= 4 is 11.4 Å². The van der Waals surface area contributed by atoms with Gasteiger partial charge in [-0.15, -0.1) is 6.58 Å². The molecule has 3 aromatic rings. The van der Waals surface area contributed by atoms with Crippen molar-refractivity contribution in [1.82, 2.24) is 0 Å². The summed E-state index contributed by atoms with van der Waals surface area (Å²) in [7, 11) is 0. The Morgan fingerprint density at radius 2 is 1.81 bits per heavy atom. The largest absolute Gasteiger partial charge is 0.334 e. The van der Waals surface area contributed by atoms with Crippen molar-refractivity contribution in [1.29, 1.82) is 15.8 Å². The minimum Gasteiger partial charge on any atom is -0.334 e. The fourth-order valence-electron chi connectivity index (χ4n) is 9.17. The van der Waals surface area contributed by atoms with Crippen LogP contribution in [-0.4, -0.2) is 11.6 Å². The van der Waals surface area contributed by atoms with Gasteiger partial charge in [-0.05, 0) is 97.4 Å². The van der Waals surface area contributed by atoms with E-state index in [2.05, 4.69) is 157 Å². The summed E-state index contributed by atoms with van der Waals surface area (Å²) in [5.41, 5.74) is 11.5. The monoisotopic (exact) mass is 687 g/mol. The van der Waals surface area contributed by atoms with Gasteiger partial charge in [-0.2, -0.15) is 15.8 Å². The standard InChI is InChI=1S/C48H41N5/c1-3-12-38(53-47-20-11-8-17-41(47)43-28-34(31-50)25-26-48(43,53)2)14-5-4-13-35-29-36(22-23-37(35)32-51)39-15-6-9-18-44(39)52-45-19-10-7-16-40(45)42-27-33(30-49)21-24-46(42)52/h3-6,8-11,14-15,17-26,28-29,33,42-43,46H,1,7,12-13,16,27H2,2H3/b5-4-,38-14+. The molecule has 5 heteroatoms. The molecular weight excluding hydrogens is 647 g/mol. The van der Waals surface area contributed by atoms with Gasteiger partial charge in [0.25, 0.3) is 0 Å². The van der Waals surface area contributed by atoms with Crippen LogP contribution in [0.2, 0.25) is 0 Å². The number of hydrogen-bond donors (Lipinski definition) is 0. The number of anilines is 2. The number of allylic oxidation sites excluding steroid dienone is 9. The minimum atomic E-state index is -0.354. The molecule has 0 bridgehead atoms. The van der Waals surface area contributed by atoms with E-state index in [9.17, 15) is 15.8 Å². The van der Waals surface area contributed by atoms with Gasteiger partial charge in [-0.3, -0.25) is 0 Å². The van der Waals surface area contributed by atoms with E-state index < -0.39 is 0 Å². The number of nitrogens with zero attached hydrogens (tertiary/aromatic N) is 5. The zero-order valence-corrected chi connectivity index (χ0v) is 30.0. The lowest BCUT2D eigenvalue weighted by atomic mass is 9.78. The van der Waals surface area contributed by atoms with E-state index in [1.165, 1.54) is 16.8 Å². The first kappa shape index (κ1) is 33.8. The van der Waals surface area contributed by atoms with Crippen molar-refractivity contribution in [2.75, 3.05) is 9.80 Å². The Morgan fingerprint density at radius 1 is 0.981 bits per heavy atom. The molecule has 0 saturated heterocycles. The molecule has 2 heterocycles. The second-order valence-electron chi connectivity index (χ2n) is 14.6. The Kier molecular flexibility index (Phi) is 8.92. The summed E-state index contributed by atoms with van der Waals surface area (Å²) in [6.07, 6.45) is 27.6. The first-order valence-corrected chi connectivity index (χ1v) is 18.5. The lowest BCUT2D eigenvalue weighted by molar-refractivity contribution is 0.461. The average Bonchev–Trinajstić information content (AvgIpc) is 3.67. The van der Waals surface area contributed by atoms with Gasteiger partial charge in [-0.25, -0.2) is 0 Å². The third kappa shape index (κ3) is 5.78. The highest BCUT2D eigenvalue weighted by Gasteiger charge is 2.48. The molecule has 3 aliphatic carbocycles. The van der Waals surface area contributed by atoms with Crippen molar-refractivity contribution in [2.45, 2.75) is 56.5 Å². The summed E-state index contributed by atoms with van der Waals surface area (Å²) in [5.74, 6) is 0.348. The van der Waals surface area contributed by atoms with E-state index >= 15 is 0 Å². The number of nitriles is 3. The molecule has 2 aliphatic heterocycles. The van der Waals surface area contributed by atoms with Crippen LogP contribution in [-0.2, 0) is 6.42 Å². The Hall–Kier alpha value is -6.35. The van der Waals surface area contributed by atoms with Crippen LogP contribution < -0.4 is 9.80 Å². The quantitative estimate of drug-likeness (QED) is 0.174. The molecule has 3 aromatic carbocycles. The number of para-hydroxylation sites is 2. The summed E-state index contributed by atoms with van der Waals surface area (Å²) < 4.78 is 0. The van der Waals surface area contributed by atoms with Crippen molar-refractivity contribution < 1.29 is 0 Å². The van der Waals surface area contributed by atoms with Crippen LogP contribution >= 0.6 is 0 Å². The maximum absolute atomic E-state index is 10.1. The molecule has 0 saturated carbocycles. The van der Waals surface area contributed by atoms with Crippen molar-refractivity contribution in [2.24, 2.45) is 11.8 Å². The van der Waals surface area contributed by atoms with Crippen molar-refractivity contribution in [3.63, 3.8) is 0 Å². The van der Waals surface area contributed by atoms with Crippen molar-refractivity contribution in [3.8, 4) is 29.3 Å². The molecule has 0 amide bonds. The summed E-state index contributed by atoms with van der Waals surface area (Å²) in [6.45, 7) is 6.31. The molecular formula is C48H41N5. The third-order valence-corrected chi connectivity index (χ3v) is 11.6. The van der Waals surface area contributed by atoms with Gasteiger partial charge in [-0.1, -0.05) is 91.1 Å². The van der Waals surface area contributed by atoms with Gasteiger partial charge >= 0.3 is 0 Å². The van der Waals surface area contributed by atoms with E-state index in [1.54, 1.807) is 0 Å². The highest BCUT2D eigenvalue weighted by Crippen LogP contribution is 2.53. The van der Waals surface area contributed by atoms with Gasteiger partial charge in [0.1, 0.15) is 0 Å². The molecule has 0 N–H and O–H groups in total. The van der Waals surface area contributed by atoms with Crippen LogP contribution in [0, 0.1) is 45.8 Å². The van der Waals surface area contributed by atoms with Gasteiger partial charge in [0.15, 0.2) is 0 Å². The highest BCUT2D eigenvalue weighted by molar-refractivity contribution is 5.83. The first-order chi connectivity index (χ1) is 26.0. The van der Waals surface area contributed by atoms with Crippen LogP contribution in [0.4, 0.5) is 11.4 Å². The van der Waals surface area contributed by atoms with E-state index in [-0.39, 0.29) is 23.4 Å². The highest BCUT2D eigenvalue weighted by atomic mass is 15.2. The predicted octanol–water partition coefficient (Wildman–Crippen LogP) is 10.7. The molecule has 53 heavy (non-hydrogen) atoms. The number of hydrogen-bond acceptors (Lipinski definition) is 5.